The van der Waals surface area contributed by atoms with E-state index in [0.717, 1.165) is 0 Å². The van der Waals surface area contributed by atoms with Crippen LogP contribution >= 0.6 is 0 Å². The summed E-state index contributed by atoms with van der Waals surface area (Å²) in [5.74, 6) is 0. The molecule has 0 aromatic rings. The average Bonchev–Trinajstić information content (AvgIpc) is 1.88. The first-order valence-electron chi connectivity index (χ1n) is 2.64. The van der Waals surface area contributed by atoms with Gasteiger partial charge in [0.25, 0.3) is 0 Å². The molecule has 0 heterocycles. The summed E-state index contributed by atoms with van der Waals surface area (Å²) in [5, 5.41) is 0. The van der Waals surface area contributed by atoms with E-state index in [0.29, 0.717) is 0 Å². The second-order valence-corrected chi connectivity index (χ2v) is 1.14. The van der Waals surface area contributed by atoms with E-state index in [1.807, 2.05) is 26.0 Å². The summed E-state index contributed by atoms with van der Waals surface area (Å²) in [4.78, 5) is 0. The van der Waals surface area contributed by atoms with Crippen molar-refractivity contribution in [3.63, 3.8) is 0 Å². The van der Waals surface area contributed by atoms with Gasteiger partial charge in [0.15, 0.2) is 0 Å². The van der Waals surface area contributed by atoms with Gasteiger partial charge in [0.2, 0.25) is 0 Å². The maximum atomic E-state index is 3.42. The minimum absolute atomic E-state index is 0. The van der Waals surface area contributed by atoms with E-state index in [1.54, 1.807) is 12.2 Å². The molecule has 0 rings (SSSR count). The van der Waals surface area contributed by atoms with Crippen molar-refractivity contribution in [2.75, 3.05) is 0 Å². The fourth-order valence-corrected chi connectivity index (χ4v) is 0. The first-order chi connectivity index (χ1) is 3.83. The second kappa shape index (κ2) is 24.9. The molecule has 0 radical (unpaired) electrons. The van der Waals surface area contributed by atoms with Crippen molar-refractivity contribution in [2.24, 2.45) is 0 Å². The fourth-order valence-electron chi connectivity index (χ4n) is 0. The Hall–Kier alpha value is -0.157. The van der Waals surface area contributed by atoms with Gasteiger partial charge in [-0.25, -0.2) is 38.2 Å². The van der Waals surface area contributed by atoms with E-state index in [-0.39, 0.29) is 19.5 Å². The van der Waals surface area contributed by atoms with Crippen LogP contribution in [0.1, 0.15) is 13.8 Å². The van der Waals surface area contributed by atoms with Crippen molar-refractivity contribution in [1.82, 2.24) is 0 Å². The smallest absolute Gasteiger partial charge is 0.245 e. The topological polar surface area (TPSA) is 0 Å². The van der Waals surface area contributed by atoms with Crippen LogP contribution in [0.25, 0.3) is 0 Å². The third-order valence-electron chi connectivity index (χ3n) is 0.471. The predicted molar refractivity (Wildman–Crippen MR) is 40.3 cm³/mol. The standard InChI is InChI=1S/2C4H7.Ru/c2*1-3-4-2;/h2*3-4H,1H2,2H3;/q2*-1;+2. The van der Waals surface area contributed by atoms with Crippen LogP contribution in [0, 0.1) is 13.8 Å². The van der Waals surface area contributed by atoms with Crippen molar-refractivity contribution < 1.29 is 19.5 Å². The molecule has 0 nitrogen and oxygen atoms in total. The van der Waals surface area contributed by atoms with E-state index < -0.39 is 0 Å². The van der Waals surface area contributed by atoms with Crippen molar-refractivity contribution >= 4 is 0 Å². The van der Waals surface area contributed by atoms with Gasteiger partial charge in [-0.05, 0) is 0 Å². The molecule has 0 spiro atoms. The van der Waals surface area contributed by atoms with Gasteiger partial charge in [-0.15, -0.1) is 13.8 Å². The van der Waals surface area contributed by atoms with Gasteiger partial charge in [-0.3, -0.25) is 0 Å². The first-order valence-corrected chi connectivity index (χ1v) is 2.64. The molecule has 0 aromatic carbocycles. The van der Waals surface area contributed by atoms with E-state index in [9.17, 15) is 0 Å². The van der Waals surface area contributed by atoms with Crippen molar-refractivity contribution in [1.29, 1.82) is 0 Å². The Labute approximate surface area is 71.8 Å². The molecule has 0 amide bonds. The summed E-state index contributed by atoms with van der Waals surface area (Å²) in [7, 11) is 0. The SMILES string of the molecule is [CH2-]C=CC.[CH2-]C=CC.[Ru+2]. The molecule has 9 heavy (non-hydrogen) atoms. The van der Waals surface area contributed by atoms with E-state index in [1.165, 1.54) is 0 Å². The van der Waals surface area contributed by atoms with Crippen LogP contribution in [-0.2, 0) is 19.5 Å². The number of allylic oxidation sites excluding steroid dienone is 4. The van der Waals surface area contributed by atoms with Crippen LogP contribution in [0.3, 0.4) is 0 Å². The first kappa shape index (κ1) is 15.9. The van der Waals surface area contributed by atoms with Gasteiger partial charge in [-0.2, -0.15) is 0 Å². The van der Waals surface area contributed by atoms with Crippen LogP contribution in [0.15, 0.2) is 24.3 Å². The zero-order valence-electron chi connectivity index (χ0n) is 6.08. The fraction of sp³-hybridized carbons (Fsp3) is 0.250. The van der Waals surface area contributed by atoms with Gasteiger partial charge >= 0.3 is 19.5 Å². The molecular weight excluding hydrogens is 197 g/mol. The van der Waals surface area contributed by atoms with Crippen LogP contribution in [0.4, 0.5) is 0 Å². The Bertz CT molecular complexity index is 45.0. The summed E-state index contributed by atoms with van der Waals surface area (Å²) >= 11 is 0. The molecule has 0 aliphatic heterocycles. The molecule has 0 aromatic heterocycles. The third-order valence-corrected chi connectivity index (χ3v) is 0.471. The monoisotopic (exact) mass is 212 g/mol. The van der Waals surface area contributed by atoms with Crippen LogP contribution in [-0.4, -0.2) is 0 Å². The molecule has 0 unspecified atom stereocenters. The Morgan fingerprint density at radius 1 is 0.889 bits per heavy atom. The molecular formula is C8H14Ru. The van der Waals surface area contributed by atoms with Gasteiger partial charge in [0.1, 0.15) is 0 Å². The number of rotatable bonds is 0. The van der Waals surface area contributed by atoms with Gasteiger partial charge in [0.05, 0.1) is 0 Å². The summed E-state index contributed by atoms with van der Waals surface area (Å²) in [6.07, 6.45) is 7.28. The largest absolute Gasteiger partial charge is 2.00 e. The molecule has 0 N–H and O–H groups in total. The van der Waals surface area contributed by atoms with Gasteiger partial charge < -0.3 is 0 Å². The Morgan fingerprint density at radius 2 is 1.00 bits per heavy atom. The minimum atomic E-state index is 0. The quantitative estimate of drug-likeness (QED) is 0.427. The summed E-state index contributed by atoms with van der Waals surface area (Å²) in [5.41, 5.74) is 0. The normalized spacial score (nSPS) is 8.22. The molecule has 0 aliphatic carbocycles. The Morgan fingerprint density at radius 3 is 1.00 bits per heavy atom. The number of hydrogen-bond acceptors (Lipinski definition) is 0. The zero-order valence-corrected chi connectivity index (χ0v) is 7.82. The van der Waals surface area contributed by atoms with E-state index >= 15 is 0 Å². The minimum Gasteiger partial charge on any atom is -0.245 e. The predicted octanol–water partition coefficient (Wildman–Crippen LogP) is 2.79. The molecule has 0 saturated heterocycles. The third kappa shape index (κ3) is 78.8. The Balaban J connectivity index is -0.0000000720. The maximum Gasteiger partial charge on any atom is 2.00 e. The second-order valence-electron chi connectivity index (χ2n) is 1.14. The summed E-state index contributed by atoms with van der Waals surface area (Å²) in [6.45, 7) is 10.7. The zero-order chi connectivity index (χ0) is 6.83. The molecule has 54 valence electrons. The van der Waals surface area contributed by atoms with Crippen molar-refractivity contribution in [3.05, 3.63) is 38.2 Å². The van der Waals surface area contributed by atoms with Crippen LogP contribution < -0.4 is 0 Å². The molecule has 1 heteroatoms. The number of hydrogen-bond donors (Lipinski definition) is 0. The van der Waals surface area contributed by atoms with E-state index in [4.69, 9.17) is 0 Å². The van der Waals surface area contributed by atoms with Crippen LogP contribution in [0.2, 0.25) is 0 Å². The summed E-state index contributed by atoms with van der Waals surface area (Å²) in [6, 6.07) is 0. The molecule has 0 aliphatic rings. The molecule has 0 bridgehead atoms. The average molecular weight is 211 g/mol. The van der Waals surface area contributed by atoms with Crippen LogP contribution in [0.5, 0.6) is 0 Å². The van der Waals surface area contributed by atoms with Crippen molar-refractivity contribution in [3.8, 4) is 0 Å². The maximum absolute atomic E-state index is 3.42. The van der Waals surface area contributed by atoms with Crippen molar-refractivity contribution in [2.45, 2.75) is 13.8 Å². The molecule has 0 saturated carbocycles. The Kier molecular flexibility index (Phi) is 44.0. The molecule has 0 atom stereocenters. The van der Waals surface area contributed by atoms with Gasteiger partial charge in [-0.1, -0.05) is 0 Å². The van der Waals surface area contributed by atoms with Gasteiger partial charge in [0, 0.05) is 0 Å². The summed E-state index contributed by atoms with van der Waals surface area (Å²) < 4.78 is 0. The molecule has 0 fully saturated rings. The van der Waals surface area contributed by atoms with E-state index in [2.05, 4.69) is 13.8 Å².